The predicted molar refractivity (Wildman–Crippen MR) is 122 cm³/mol. The van der Waals surface area contributed by atoms with Crippen molar-refractivity contribution in [3.63, 3.8) is 0 Å². The highest BCUT2D eigenvalue weighted by Crippen LogP contribution is 2.43. The third-order valence-electron chi connectivity index (χ3n) is 5.76. The molecule has 0 aliphatic carbocycles. The molecule has 2 aliphatic rings. The highest BCUT2D eigenvalue weighted by molar-refractivity contribution is 7.10. The molecule has 5 rings (SSSR count). The second-order valence-corrected chi connectivity index (χ2v) is 8.74. The summed E-state index contributed by atoms with van der Waals surface area (Å²) < 4.78 is 5.68. The normalized spacial score (nSPS) is 19.7. The Morgan fingerprint density at radius 2 is 2.12 bits per heavy atom. The molecule has 7 nitrogen and oxygen atoms in total. The first-order chi connectivity index (χ1) is 15.5. The quantitative estimate of drug-likeness (QED) is 0.374. The number of carbonyl (C=O) groups excluding carboxylic acids is 2. The highest BCUT2D eigenvalue weighted by Gasteiger charge is 2.46. The number of aliphatic hydroxyl groups excluding tert-OH is 1. The van der Waals surface area contributed by atoms with E-state index in [-0.39, 0.29) is 17.9 Å². The molecule has 0 saturated carbocycles. The molecule has 0 bridgehead atoms. The minimum atomic E-state index is -0.688. The molecule has 2 aromatic heterocycles. The zero-order valence-electron chi connectivity index (χ0n) is 17.4. The van der Waals surface area contributed by atoms with Crippen LogP contribution in [0.3, 0.4) is 0 Å². The molecule has 4 heterocycles. The molecule has 3 aromatic rings. The average molecular weight is 448 g/mol. The largest absolute Gasteiger partial charge is 0.507 e. The number of rotatable bonds is 4. The molecule has 2 aliphatic heterocycles. The van der Waals surface area contributed by atoms with Gasteiger partial charge >= 0.3 is 0 Å². The molecule has 1 unspecified atom stereocenters. The Morgan fingerprint density at radius 3 is 2.88 bits per heavy atom. The number of pyridine rings is 1. The number of hydrogen-bond acceptors (Lipinski definition) is 7. The van der Waals surface area contributed by atoms with Gasteiger partial charge in [0.15, 0.2) is 0 Å². The Hall–Kier alpha value is -3.65. The van der Waals surface area contributed by atoms with Gasteiger partial charge in [0.2, 0.25) is 0 Å². The molecule has 1 amide bonds. The molecule has 0 radical (unpaired) electrons. The first-order valence-electron chi connectivity index (χ1n) is 10.2. The zero-order chi connectivity index (χ0) is 22.2. The van der Waals surface area contributed by atoms with E-state index in [9.17, 15) is 14.7 Å². The summed E-state index contributed by atoms with van der Waals surface area (Å²) in [4.78, 5) is 34.6. The van der Waals surface area contributed by atoms with Crippen molar-refractivity contribution in [1.29, 1.82) is 0 Å². The summed E-state index contributed by atoms with van der Waals surface area (Å²) in [5.74, 6) is -0.779. The van der Waals surface area contributed by atoms with Crippen LogP contribution in [0, 0.1) is 0 Å². The second-order valence-electron chi connectivity index (χ2n) is 7.76. The van der Waals surface area contributed by atoms with E-state index in [0.29, 0.717) is 12.2 Å². The zero-order valence-corrected chi connectivity index (χ0v) is 18.2. The number of likely N-dealkylation sites (N-methyl/N-ethyl adjacent to an activating group) is 1. The molecule has 1 aromatic carbocycles. The lowest BCUT2D eigenvalue weighted by molar-refractivity contribution is -0.140. The summed E-state index contributed by atoms with van der Waals surface area (Å²) in [5.41, 5.74) is 2.21. The average Bonchev–Trinajstić information content (AvgIpc) is 3.42. The Kier molecular flexibility index (Phi) is 5.14. The standard InChI is InChI=1S/C24H21N3O4S/c1-26-9-10-31-18-7-6-16(12-17(18)26)22(28)20-21(19-5-3-11-32-19)27(24(30)23(20)29)14-15-4-2-8-25-13-15/h2-8,11-13,21,28H,9-10,14H2,1H3/b22-20-. The second kappa shape index (κ2) is 8.12. The van der Waals surface area contributed by atoms with E-state index in [0.717, 1.165) is 28.4 Å². The number of likely N-dealkylation sites (tertiary alicyclic amines) is 1. The van der Waals surface area contributed by atoms with Crippen molar-refractivity contribution in [3.8, 4) is 5.75 Å². The van der Waals surface area contributed by atoms with Crippen LogP contribution in [0.25, 0.3) is 5.76 Å². The molecule has 0 spiro atoms. The number of aliphatic hydroxyl groups is 1. The number of Topliss-reactive ketones (excluding diaryl/α,β-unsaturated/α-hetero) is 1. The maximum atomic E-state index is 13.1. The van der Waals surface area contributed by atoms with Crippen molar-refractivity contribution in [2.75, 3.05) is 25.1 Å². The Labute approximate surface area is 189 Å². The molecular weight excluding hydrogens is 426 g/mol. The number of fused-ring (bicyclic) bond motifs is 1. The van der Waals surface area contributed by atoms with Crippen molar-refractivity contribution in [3.05, 3.63) is 81.8 Å². The van der Waals surface area contributed by atoms with Gasteiger partial charge in [0.25, 0.3) is 11.7 Å². The lowest BCUT2D eigenvalue weighted by Gasteiger charge is -2.28. The van der Waals surface area contributed by atoms with E-state index >= 15 is 0 Å². The van der Waals surface area contributed by atoms with Gasteiger partial charge in [-0.15, -0.1) is 11.3 Å². The van der Waals surface area contributed by atoms with Crippen LogP contribution < -0.4 is 9.64 Å². The van der Waals surface area contributed by atoms with Gasteiger partial charge < -0.3 is 19.6 Å². The molecule has 162 valence electrons. The van der Waals surface area contributed by atoms with Crippen molar-refractivity contribution >= 4 is 34.5 Å². The SMILES string of the molecule is CN1CCOc2ccc(/C(O)=C3/C(=O)C(=O)N(Cc4cccnc4)C3c3cccs3)cc21. The maximum Gasteiger partial charge on any atom is 0.295 e. The van der Waals surface area contributed by atoms with Crippen LogP contribution in [0.1, 0.15) is 22.0 Å². The van der Waals surface area contributed by atoms with Gasteiger partial charge in [-0.25, -0.2) is 0 Å². The monoisotopic (exact) mass is 447 g/mol. The molecule has 32 heavy (non-hydrogen) atoms. The minimum Gasteiger partial charge on any atom is -0.507 e. The van der Waals surface area contributed by atoms with Crippen LogP contribution in [-0.4, -0.2) is 46.9 Å². The minimum absolute atomic E-state index is 0.0978. The first-order valence-corrected chi connectivity index (χ1v) is 11.1. The number of ether oxygens (including phenoxy) is 1. The number of hydrogen-bond donors (Lipinski definition) is 1. The van der Waals surface area contributed by atoms with Gasteiger partial charge in [0.05, 0.1) is 23.8 Å². The molecule has 1 N–H and O–H groups in total. The number of anilines is 1. The Balaban J connectivity index is 1.61. The van der Waals surface area contributed by atoms with Crippen molar-refractivity contribution in [2.24, 2.45) is 0 Å². The summed E-state index contributed by atoms with van der Waals surface area (Å²) >= 11 is 1.44. The van der Waals surface area contributed by atoms with Crippen molar-refractivity contribution in [1.82, 2.24) is 9.88 Å². The number of carbonyl (C=O) groups is 2. The van der Waals surface area contributed by atoms with Crippen LogP contribution >= 0.6 is 11.3 Å². The van der Waals surface area contributed by atoms with Gasteiger partial charge in [-0.05, 0) is 41.3 Å². The van der Waals surface area contributed by atoms with Gasteiger partial charge in [-0.2, -0.15) is 0 Å². The third kappa shape index (κ3) is 3.42. The fraction of sp³-hybridized carbons (Fsp3) is 0.208. The number of ketones is 1. The van der Waals surface area contributed by atoms with Gasteiger partial charge in [-0.3, -0.25) is 14.6 Å². The van der Waals surface area contributed by atoms with Crippen LogP contribution in [-0.2, 0) is 16.1 Å². The first kappa shape index (κ1) is 20.3. The maximum absolute atomic E-state index is 13.1. The van der Waals surface area contributed by atoms with E-state index in [1.807, 2.05) is 35.5 Å². The number of benzene rings is 1. The van der Waals surface area contributed by atoms with E-state index in [2.05, 4.69) is 4.98 Å². The van der Waals surface area contributed by atoms with Crippen molar-refractivity contribution in [2.45, 2.75) is 12.6 Å². The summed E-state index contributed by atoms with van der Waals surface area (Å²) in [6, 6.07) is 12.0. The van der Waals surface area contributed by atoms with Gasteiger partial charge in [0.1, 0.15) is 18.1 Å². The summed E-state index contributed by atoms with van der Waals surface area (Å²) in [6.45, 7) is 1.53. The number of aromatic nitrogens is 1. The van der Waals surface area contributed by atoms with Crippen LogP contribution in [0.5, 0.6) is 5.75 Å². The summed E-state index contributed by atoms with van der Waals surface area (Å²) in [5, 5.41) is 13.2. The smallest absolute Gasteiger partial charge is 0.295 e. The Morgan fingerprint density at radius 1 is 1.25 bits per heavy atom. The predicted octanol–water partition coefficient (Wildman–Crippen LogP) is 3.59. The summed E-state index contributed by atoms with van der Waals surface area (Å²) in [7, 11) is 1.95. The number of nitrogens with zero attached hydrogens (tertiary/aromatic N) is 3. The Bertz CT molecular complexity index is 1210. The lowest BCUT2D eigenvalue weighted by Crippen LogP contribution is -2.29. The van der Waals surface area contributed by atoms with E-state index in [1.54, 1.807) is 36.7 Å². The van der Waals surface area contributed by atoms with Gasteiger partial charge in [0, 0.05) is 36.4 Å². The molecular formula is C24H21N3O4S. The van der Waals surface area contributed by atoms with E-state index in [1.165, 1.54) is 16.2 Å². The number of thiophene rings is 1. The fourth-order valence-electron chi connectivity index (χ4n) is 4.13. The van der Waals surface area contributed by atoms with Crippen LogP contribution in [0.4, 0.5) is 5.69 Å². The van der Waals surface area contributed by atoms with Gasteiger partial charge in [-0.1, -0.05) is 12.1 Å². The van der Waals surface area contributed by atoms with Crippen LogP contribution in [0.15, 0.2) is 65.8 Å². The van der Waals surface area contributed by atoms with Crippen molar-refractivity contribution < 1.29 is 19.4 Å². The molecule has 8 heteroatoms. The fourth-order valence-corrected chi connectivity index (χ4v) is 4.97. The highest BCUT2D eigenvalue weighted by atomic mass is 32.1. The van der Waals surface area contributed by atoms with Crippen LogP contribution in [0.2, 0.25) is 0 Å². The topological polar surface area (TPSA) is 83.0 Å². The van der Waals surface area contributed by atoms with E-state index < -0.39 is 17.7 Å². The van der Waals surface area contributed by atoms with E-state index in [4.69, 9.17) is 4.74 Å². The lowest BCUT2D eigenvalue weighted by atomic mass is 9.99. The molecule has 1 fully saturated rings. The third-order valence-corrected chi connectivity index (χ3v) is 6.68. The molecule has 1 atom stereocenters. The molecule has 1 saturated heterocycles. The summed E-state index contributed by atoms with van der Waals surface area (Å²) in [6.07, 6.45) is 3.33. The number of amides is 1.